The Morgan fingerprint density at radius 1 is 1.29 bits per heavy atom. The van der Waals surface area contributed by atoms with Crippen LogP contribution in [0.25, 0.3) is 0 Å². The molecule has 0 spiro atoms. The molecular weight excluding hydrogens is 387 g/mol. The summed E-state index contributed by atoms with van der Waals surface area (Å²) in [7, 11) is -1.78. The van der Waals surface area contributed by atoms with E-state index in [0.29, 0.717) is 0 Å². The first-order valence-corrected chi connectivity index (χ1v) is 11.6. The first kappa shape index (κ1) is 18.9. The Morgan fingerprint density at radius 2 is 1.86 bits per heavy atom. The van der Waals surface area contributed by atoms with Crippen LogP contribution in [0.4, 0.5) is 0 Å². The first-order chi connectivity index (χ1) is 9.54. The molecule has 0 aliphatic rings. The maximum atomic E-state index is 6.71. The van der Waals surface area contributed by atoms with Gasteiger partial charge in [-0.2, -0.15) is 0 Å². The van der Waals surface area contributed by atoms with Crippen LogP contribution in [0.1, 0.15) is 52.2 Å². The van der Waals surface area contributed by atoms with E-state index in [1.54, 1.807) is 0 Å². The van der Waals surface area contributed by atoms with Crippen LogP contribution in [0.15, 0.2) is 36.4 Å². The highest BCUT2D eigenvalue weighted by Gasteiger charge is 2.39. The predicted molar refractivity (Wildman–Crippen MR) is 104 cm³/mol. The van der Waals surface area contributed by atoms with Gasteiger partial charge in [-0.1, -0.05) is 44.5 Å². The lowest BCUT2D eigenvalue weighted by Gasteiger charge is -2.39. The van der Waals surface area contributed by atoms with Crippen LogP contribution in [-0.4, -0.2) is 8.32 Å². The molecular formula is C18H29IOSi. The molecule has 0 aromatic heterocycles. The molecule has 1 aromatic rings. The molecule has 0 bridgehead atoms. The van der Waals surface area contributed by atoms with Crippen molar-refractivity contribution in [3.05, 3.63) is 45.6 Å². The maximum absolute atomic E-state index is 6.71. The molecule has 0 N–H and O–H groups in total. The van der Waals surface area contributed by atoms with Crippen molar-refractivity contribution in [2.45, 2.75) is 64.8 Å². The topological polar surface area (TPSA) is 9.23 Å². The molecule has 0 aliphatic carbocycles. The standard InChI is InChI=1S/C18H29IOSi/c1-14(2)12-13-17(15-10-8-9-11-16(15)19)20-21(6,7)18(3,4)5/h8-11,17H,1,12-13H2,2-7H3/t17-/m0/s1. The van der Waals surface area contributed by atoms with E-state index >= 15 is 0 Å². The van der Waals surface area contributed by atoms with Crippen molar-refractivity contribution in [2.75, 3.05) is 0 Å². The number of hydrogen-bond donors (Lipinski definition) is 0. The number of rotatable bonds is 6. The third-order valence-electron chi connectivity index (χ3n) is 4.33. The van der Waals surface area contributed by atoms with Crippen molar-refractivity contribution in [3.8, 4) is 0 Å². The van der Waals surface area contributed by atoms with E-state index in [0.717, 1.165) is 12.8 Å². The Balaban J connectivity index is 3.04. The van der Waals surface area contributed by atoms with Gasteiger partial charge in [-0.3, -0.25) is 0 Å². The summed E-state index contributed by atoms with van der Waals surface area (Å²) in [5, 5.41) is 0.231. The monoisotopic (exact) mass is 416 g/mol. The molecule has 0 amide bonds. The lowest BCUT2D eigenvalue weighted by molar-refractivity contribution is 0.173. The van der Waals surface area contributed by atoms with Crippen LogP contribution in [0, 0.1) is 3.57 Å². The van der Waals surface area contributed by atoms with Gasteiger partial charge in [-0.05, 0) is 72.1 Å². The third kappa shape index (κ3) is 5.53. The average molecular weight is 416 g/mol. The Hall–Kier alpha value is -0.133. The summed E-state index contributed by atoms with van der Waals surface area (Å²) in [6.07, 6.45) is 2.21. The minimum atomic E-state index is -1.78. The third-order valence-corrected chi connectivity index (χ3v) is 9.80. The predicted octanol–water partition coefficient (Wildman–Crippen LogP) is 6.71. The molecule has 1 rings (SSSR count). The summed E-state index contributed by atoms with van der Waals surface area (Å²) < 4.78 is 8.00. The molecule has 0 saturated carbocycles. The fraction of sp³-hybridized carbons (Fsp3) is 0.556. The van der Waals surface area contributed by atoms with Crippen molar-refractivity contribution >= 4 is 30.9 Å². The summed E-state index contributed by atoms with van der Waals surface area (Å²) >= 11 is 2.42. The molecule has 0 unspecified atom stereocenters. The van der Waals surface area contributed by atoms with E-state index in [2.05, 4.69) is 94.2 Å². The number of benzene rings is 1. The van der Waals surface area contributed by atoms with Gasteiger partial charge in [-0.25, -0.2) is 0 Å². The van der Waals surface area contributed by atoms with Gasteiger partial charge in [0.05, 0.1) is 6.10 Å². The van der Waals surface area contributed by atoms with Gasteiger partial charge in [0.15, 0.2) is 8.32 Å². The van der Waals surface area contributed by atoms with Crippen LogP contribution >= 0.6 is 22.6 Å². The molecule has 0 saturated heterocycles. The Bertz CT molecular complexity index is 488. The number of allylic oxidation sites excluding steroid dienone is 1. The molecule has 0 aliphatic heterocycles. The molecule has 0 fully saturated rings. The highest BCUT2D eigenvalue weighted by Crippen LogP contribution is 2.41. The van der Waals surface area contributed by atoms with E-state index < -0.39 is 8.32 Å². The molecule has 118 valence electrons. The quantitative estimate of drug-likeness (QED) is 0.284. The first-order valence-electron chi connectivity index (χ1n) is 7.61. The molecule has 0 radical (unpaired) electrons. The highest BCUT2D eigenvalue weighted by atomic mass is 127. The minimum absolute atomic E-state index is 0.177. The van der Waals surface area contributed by atoms with Gasteiger partial charge in [0, 0.05) is 3.57 Å². The van der Waals surface area contributed by atoms with Crippen molar-refractivity contribution in [2.24, 2.45) is 0 Å². The van der Waals surface area contributed by atoms with Crippen molar-refractivity contribution in [1.82, 2.24) is 0 Å². The molecule has 3 heteroatoms. The van der Waals surface area contributed by atoms with Gasteiger partial charge in [0.2, 0.25) is 0 Å². The summed E-state index contributed by atoms with van der Waals surface area (Å²) in [5.41, 5.74) is 2.55. The second-order valence-electron chi connectivity index (χ2n) is 7.38. The fourth-order valence-electron chi connectivity index (χ4n) is 1.92. The van der Waals surface area contributed by atoms with E-state index in [-0.39, 0.29) is 11.1 Å². The molecule has 1 nitrogen and oxygen atoms in total. The maximum Gasteiger partial charge on any atom is 0.192 e. The van der Waals surface area contributed by atoms with E-state index in [1.165, 1.54) is 14.7 Å². The number of halogens is 1. The van der Waals surface area contributed by atoms with E-state index in [9.17, 15) is 0 Å². The van der Waals surface area contributed by atoms with E-state index in [1.807, 2.05) is 0 Å². The van der Waals surface area contributed by atoms with Crippen LogP contribution in [0.5, 0.6) is 0 Å². The van der Waals surface area contributed by atoms with Crippen molar-refractivity contribution < 1.29 is 4.43 Å². The minimum Gasteiger partial charge on any atom is -0.410 e. The Labute approximate surface area is 145 Å². The smallest absolute Gasteiger partial charge is 0.192 e. The zero-order valence-corrected chi connectivity index (χ0v) is 17.5. The molecule has 1 atom stereocenters. The molecule has 1 aromatic carbocycles. The normalized spacial score (nSPS) is 14.0. The summed E-state index contributed by atoms with van der Waals surface area (Å²) in [4.78, 5) is 0. The van der Waals surface area contributed by atoms with Gasteiger partial charge < -0.3 is 4.43 Å². The largest absolute Gasteiger partial charge is 0.410 e. The SMILES string of the molecule is C=C(C)CC[C@H](O[Si](C)(C)C(C)(C)C)c1ccccc1I. The van der Waals surface area contributed by atoms with Crippen LogP contribution < -0.4 is 0 Å². The Kier molecular flexibility index (Phi) is 6.69. The lowest BCUT2D eigenvalue weighted by Crippen LogP contribution is -2.42. The highest BCUT2D eigenvalue weighted by molar-refractivity contribution is 14.1. The van der Waals surface area contributed by atoms with Crippen LogP contribution in [0.3, 0.4) is 0 Å². The van der Waals surface area contributed by atoms with Gasteiger partial charge in [0.1, 0.15) is 0 Å². The second kappa shape index (κ2) is 7.42. The second-order valence-corrected chi connectivity index (χ2v) is 13.3. The summed E-state index contributed by atoms with van der Waals surface area (Å²) in [5.74, 6) is 0. The lowest BCUT2D eigenvalue weighted by atomic mass is 10.0. The van der Waals surface area contributed by atoms with Crippen molar-refractivity contribution in [3.63, 3.8) is 0 Å². The molecule has 0 heterocycles. The zero-order chi connectivity index (χ0) is 16.3. The summed E-state index contributed by atoms with van der Waals surface area (Å²) in [6.45, 7) is 17.7. The summed E-state index contributed by atoms with van der Waals surface area (Å²) in [6, 6.07) is 8.57. The van der Waals surface area contributed by atoms with Crippen LogP contribution in [0.2, 0.25) is 18.1 Å². The van der Waals surface area contributed by atoms with Gasteiger partial charge in [-0.15, -0.1) is 6.58 Å². The number of hydrogen-bond acceptors (Lipinski definition) is 1. The van der Waals surface area contributed by atoms with E-state index in [4.69, 9.17) is 4.43 Å². The molecule has 21 heavy (non-hydrogen) atoms. The van der Waals surface area contributed by atoms with Crippen LogP contribution in [-0.2, 0) is 4.43 Å². The van der Waals surface area contributed by atoms with Crippen molar-refractivity contribution in [1.29, 1.82) is 0 Å². The fourth-order valence-corrected chi connectivity index (χ4v) is 3.97. The average Bonchev–Trinajstić information content (AvgIpc) is 2.33. The van der Waals surface area contributed by atoms with Gasteiger partial charge in [0.25, 0.3) is 0 Å². The Morgan fingerprint density at radius 3 is 2.33 bits per heavy atom. The zero-order valence-electron chi connectivity index (χ0n) is 14.3. The van der Waals surface area contributed by atoms with Gasteiger partial charge >= 0.3 is 0 Å².